The molecule has 2 aromatic rings. The second kappa shape index (κ2) is 6.84. The highest BCUT2D eigenvalue weighted by molar-refractivity contribution is 7.15. The zero-order chi connectivity index (χ0) is 17.4. The first-order valence-electron chi connectivity index (χ1n) is 9.11. The van der Waals surface area contributed by atoms with Gasteiger partial charge in [-0.2, -0.15) is 0 Å². The molecule has 0 spiro atoms. The topological polar surface area (TPSA) is 54.6 Å². The second-order valence-corrected chi connectivity index (χ2v) is 8.30. The van der Waals surface area contributed by atoms with Crippen LogP contribution in [0.4, 0.5) is 10.8 Å². The summed E-state index contributed by atoms with van der Waals surface area (Å²) in [6, 6.07) is 6.39. The van der Waals surface area contributed by atoms with Gasteiger partial charge in [-0.15, -0.1) is 11.3 Å². The number of nitrogens with two attached hydrogens (primary N) is 1. The second-order valence-electron chi connectivity index (χ2n) is 7.06. The van der Waals surface area contributed by atoms with Crippen molar-refractivity contribution in [3.63, 3.8) is 0 Å². The smallest absolute Gasteiger partial charge is 0.180 e. The SMILES string of the molecule is Cc1sc(N)nc1-c1ccc2c(c1)N(CCN1CCCC1)CC(C)O2. The van der Waals surface area contributed by atoms with Gasteiger partial charge in [-0.3, -0.25) is 0 Å². The van der Waals surface area contributed by atoms with E-state index < -0.39 is 0 Å². The summed E-state index contributed by atoms with van der Waals surface area (Å²) in [5, 5.41) is 0.626. The number of benzene rings is 1. The average molecular weight is 359 g/mol. The number of ether oxygens (including phenoxy) is 1. The van der Waals surface area contributed by atoms with Gasteiger partial charge in [-0.05, 0) is 58.0 Å². The molecular weight excluding hydrogens is 332 g/mol. The molecule has 3 heterocycles. The molecule has 0 saturated carbocycles. The van der Waals surface area contributed by atoms with Crippen molar-refractivity contribution in [2.45, 2.75) is 32.8 Å². The Kier molecular flexibility index (Phi) is 4.56. The number of aryl methyl sites for hydroxylation is 1. The molecule has 0 bridgehead atoms. The van der Waals surface area contributed by atoms with E-state index in [1.807, 2.05) is 0 Å². The van der Waals surface area contributed by atoms with Crippen molar-refractivity contribution >= 4 is 22.2 Å². The Morgan fingerprint density at radius 3 is 2.80 bits per heavy atom. The Morgan fingerprint density at radius 2 is 2.08 bits per heavy atom. The number of rotatable bonds is 4. The van der Waals surface area contributed by atoms with Crippen molar-refractivity contribution in [2.75, 3.05) is 43.4 Å². The summed E-state index contributed by atoms with van der Waals surface area (Å²) in [5.74, 6) is 0.977. The van der Waals surface area contributed by atoms with E-state index in [9.17, 15) is 0 Å². The molecule has 0 aliphatic carbocycles. The molecule has 2 aliphatic heterocycles. The largest absolute Gasteiger partial charge is 0.487 e. The van der Waals surface area contributed by atoms with Gasteiger partial charge in [-0.1, -0.05) is 0 Å². The van der Waals surface area contributed by atoms with Crippen molar-refractivity contribution < 1.29 is 4.74 Å². The van der Waals surface area contributed by atoms with Crippen LogP contribution in [0.2, 0.25) is 0 Å². The standard InChI is InChI=1S/C19H26N4OS/c1-13-12-23(10-9-22-7-3-4-8-22)16-11-15(5-6-17(16)24-13)18-14(2)25-19(20)21-18/h5-6,11,13H,3-4,7-10,12H2,1-2H3,(H2,20,21). The van der Waals surface area contributed by atoms with Crippen molar-refractivity contribution in [2.24, 2.45) is 0 Å². The van der Waals surface area contributed by atoms with Crippen LogP contribution in [0.3, 0.4) is 0 Å². The molecule has 0 radical (unpaired) electrons. The van der Waals surface area contributed by atoms with Crippen LogP contribution in [-0.2, 0) is 0 Å². The normalized spacial score (nSPS) is 20.6. The highest BCUT2D eigenvalue weighted by Gasteiger charge is 2.25. The van der Waals surface area contributed by atoms with E-state index in [4.69, 9.17) is 10.5 Å². The molecule has 1 unspecified atom stereocenters. The summed E-state index contributed by atoms with van der Waals surface area (Å²) in [7, 11) is 0. The first-order valence-corrected chi connectivity index (χ1v) is 9.93. The number of likely N-dealkylation sites (tertiary alicyclic amines) is 1. The van der Waals surface area contributed by atoms with Gasteiger partial charge in [0.25, 0.3) is 0 Å². The van der Waals surface area contributed by atoms with E-state index in [2.05, 4.69) is 46.8 Å². The highest BCUT2D eigenvalue weighted by Crippen LogP contribution is 2.38. The van der Waals surface area contributed by atoms with Gasteiger partial charge >= 0.3 is 0 Å². The lowest BCUT2D eigenvalue weighted by atomic mass is 10.1. The number of hydrogen-bond donors (Lipinski definition) is 1. The average Bonchev–Trinajstić information content (AvgIpc) is 3.21. The van der Waals surface area contributed by atoms with Crippen LogP contribution in [0.15, 0.2) is 18.2 Å². The molecule has 4 rings (SSSR count). The molecular formula is C19H26N4OS. The monoisotopic (exact) mass is 358 g/mol. The maximum absolute atomic E-state index is 6.06. The van der Waals surface area contributed by atoms with Gasteiger partial charge in [0.2, 0.25) is 0 Å². The Labute approximate surface area is 153 Å². The van der Waals surface area contributed by atoms with E-state index in [1.165, 1.54) is 31.6 Å². The quantitative estimate of drug-likeness (QED) is 0.908. The summed E-state index contributed by atoms with van der Waals surface area (Å²) < 4.78 is 6.06. The molecule has 134 valence electrons. The molecule has 2 aliphatic rings. The number of nitrogens with zero attached hydrogens (tertiary/aromatic N) is 3. The number of hydrogen-bond acceptors (Lipinski definition) is 6. The van der Waals surface area contributed by atoms with E-state index in [0.29, 0.717) is 5.13 Å². The fourth-order valence-corrected chi connectivity index (χ4v) is 4.55. The number of fused-ring (bicyclic) bond motifs is 1. The lowest BCUT2D eigenvalue weighted by molar-refractivity contribution is 0.210. The summed E-state index contributed by atoms with van der Waals surface area (Å²) in [4.78, 5) is 10.7. The molecule has 25 heavy (non-hydrogen) atoms. The first kappa shape index (κ1) is 16.7. The molecule has 1 saturated heterocycles. The van der Waals surface area contributed by atoms with Crippen LogP contribution in [0, 0.1) is 6.92 Å². The fraction of sp³-hybridized carbons (Fsp3) is 0.526. The third-order valence-corrected chi connectivity index (χ3v) is 5.88. The maximum atomic E-state index is 6.06. The fourth-order valence-electron chi connectivity index (χ4n) is 3.84. The van der Waals surface area contributed by atoms with Crippen molar-refractivity contribution in [1.82, 2.24) is 9.88 Å². The minimum atomic E-state index is 0.216. The third kappa shape index (κ3) is 3.46. The number of thiazole rings is 1. The van der Waals surface area contributed by atoms with Crippen LogP contribution in [-0.4, -0.2) is 48.7 Å². The molecule has 6 heteroatoms. The predicted octanol–water partition coefficient (Wildman–Crippen LogP) is 3.38. The van der Waals surface area contributed by atoms with Crippen LogP contribution in [0.1, 0.15) is 24.6 Å². The maximum Gasteiger partial charge on any atom is 0.180 e. The minimum absolute atomic E-state index is 0.216. The van der Waals surface area contributed by atoms with Crippen LogP contribution in [0.5, 0.6) is 5.75 Å². The zero-order valence-corrected chi connectivity index (χ0v) is 15.8. The molecule has 1 aromatic heterocycles. The van der Waals surface area contributed by atoms with Crippen LogP contribution < -0.4 is 15.4 Å². The Morgan fingerprint density at radius 1 is 1.28 bits per heavy atom. The number of nitrogen functional groups attached to an aromatic ring is 1. The summed E-state index contributed by atoms with van der Waals surface area (Å²) >= 11 is 1.54. The summed E-state index contributed by atoms with van der Waals surface area (Å²) in [5.41, 5.74) is 9.17. The molecule has 2 N–H and O–H groups in total. The molecule has 5 nitrogen and oxygen atoms in total. The highest BCUT2D eigenvalue weighted by atomic mass is 32.1. The van der Waals surface area contributed by atoms with Crippen molar-refractivity contribution in [3.8, 4) is 17.0 Å². The van der Waals surface area contributed by atoms with Gasteiger partial charge in [0, 0.05) is 23.5 Å². The van der Waals surface area contributed by atoms with Crippen LogP contribution in [0.25, 0.3) is 11.3 Å². The molecule has 1 fully saturated rings. The van der Waals surface area contributed by atoms with Gasteiger partial charge in [0.1, 0.15) is 11.9 Å². The van der Waals surface area contributed by atoms with Crippen molar-refractivity contribution in [3.05, 3.63) is 23.1 Å². The van der Waals surface area contributed by atoms with Gasteiger partial charge in [-0.25, -0.2) is 4.98 Å². The zero-order valence-electron chi connectivity index (χ0n) is 15.0. The van der Waals surface area contributed by atoms with E-state index >= 15 is 0 Å². The van der Waals surface area contributed by atoms with E-state index in [1.54, 1.807) is 11.3 Å². The summed E-state index contributed by atoms with van der Waals surface area (Å²) in [6.07, 6.45) is 2.89. The van der Waals surface area contributed by atoms with Gasteiger partial charge < -0.3 is 20.3 Å². The minimum Gasteiger partial charge on any atom is -0.487 e. The van der Waals surface area contributed by atoms with Gasteiger partial charge in [0.15, 0.2) is 5.13 Å². The van der Waals surface area contributed by atoms with Gasteiger partial charge in [0.05, 0.1) is 17.9 Å². The Hall–Kier alpha value is -1.79. The summed E-state index contributed by atoms with van der Waals surface area (Å²) in [6.45, 7) is 9.80. The number of aromatic nitrogens is 1. The Balaban J connectivity index is 1.60. The van der Waals surface area contributed by atoms with Crippen LogP contribution >= 0.6 is 11.3 Å². The first-order chi connectivity index (χ1) is 12.1. The van der Waals surface area contributed by atoms with E-state index in [-0.39, 0.29) is 6.10 Å². The molecule has 1 aromatic carbocycles. The Bertz CT molecular complexity index is 754. The van der Waals surface area contributed by atoms with Crippen molar-refractivity contribution in [1.29, 1.82) is 0 Å². The van der Waals surface area contributed by atoms with E-state index in [0.717, 1.165) is 41.5 Å². The third-order valence-electron chi connectivity index (χ3n) is 5.08. The lowest BCUT2D eigenvalue weighted by Gasteiger charge is -2.36. The molecule has 0 amide bonds. The number of anilines is 2. The lowest BCUT2D eigenvalue weighted by Crippen LogP contribution is -2.42. The molecule has 1 atom stereocenters. The predicted molar refractivity (Wildman–Crippen MR) is 105 cm³/mol.